The monoisotopic (exact) mass is 546 g/mol. The summed E-state index contributed by atoms with van der Waals surface area (Å²) in [5.41, 5.74) is 3.05. The van der Waals surface area contributed by atoms with Crippen molar-refractivity contribution in [1.82, 2.24) is 0 Å². The van der Waals surface area contributed by atoms with E-state index in [0.717, 1.165) is 24.8 Å². The zero-order chi connectivity index (χ0) is 26.7. The first-order chi connectivity index (χ1) is 17.5. The van der Waals surface area contributed by atoms with Crippen LogP contribution in [0.1, 0.15) is 53.6 Å². The highest BCUT2D eigenvalue weighted by atomic mass is 35.5. The van der Waals surface area contributed by atoms with Gasteiger partial charge in [-0.1, -0.05) is 32.4 Å². The van der Waals surface area contributed by atoms with Gasteiger partial charge < -0.3 is 14.8 Å². The number of fused-ring (bicyclic) bond motifs is 1. The highest BCUT2D eigenvalue weighted by molar-refractivity contribution is 7.16. The van der Waals surface area contributed by atoms with Crippen LogP contribution in [0.15, 0.2) is 47.5 Å². The molecule has 196 valence electrons. The van der Waals surface area contributed by atoms with Gasteiger partial charge in [0.05, 0.1) is 12.7 Å². The maximum absolute atomic E-state index is 13.5. The van der Waals surface area contributed by atoms with Gasteiger partial charge in [-0.3, -0.25) is 4.79 Å². The number of hydrogen-bond acceptors (Lipinski definition) is 5. The number of carbonyl (C=O) groups excluding carboxylic acids is 1. The van der Waals surface area contributed by atoms with E-state index in [0.29, 0.717) is 32.8 Å². The van der Waals surface area contributed by atoms with E-state index in [9.17, 15) is 13.6 Å². The van der Waals surface area contributed by atoms with Crippen LogP contribution < -0.4 is 14.8 Å². The molecule has 0 saturated carbocycles. The van der Waals surface area contributed by atoms with Crippen molar-refractivity contribution in [2.24, 2.45) is 16.3 Å². The standard InChI is InChI=1S/C28H29ClF2N2O3S/c1-28(2,3)17-6-11-20-23(14-17)37-26(24(20)25(34)33-19-9-7-18(29)8-10-19)32-15-16-5-12-21(36-27(30)31)22(13-16)35-4/h5,7-10,12-13,15,17,27H,6,11,14H2,1-4H3,(H,33,34)/t17-/m1/s1. The molecule has 1 N–H and O–H groups in total. The van der Waals surface area contributed by atoms with E-state index in [1.165, 1.54) is 29.4 Å². The molecule has 1 aliphatic rings. The lowest BCUT2D eigenvalue weighted by molar-refractivity contribution is -0.0512. The third-order valence-electron chi connectivity index (χ3n) is 6.54. The molecule has 0 unspecified atom stereocenters. The van der Waals surface area contributed by atoms with Gasteiger partial charge in [0.15, 0.2) is 11.5 Å². The molecule has 0 fully saturated rings. The molecule has 1 heterocycles. The fraction of sp³-hybridized carbons (Fsp3) is 0.357. The van der Waals surface area contributed by atoms with Gasteiger partial charge in [0.25, 0.3) is 5.91 Å². The first-order valence-corrected chi connectivity index (χ1v) is 13.1. The molecule has 0 spiro atoms. The first-order valence-electron chi connectivity index (χ1n) is 11.9. The van der Waals surface area contributed by atoms with Crippen LogP contribution in [-0.4, -0.2) is 25.8 Å². The molecule has 1 aromatic heterocycles. The average Bonchev–Trinajstić information content (AvgIpc) is 3.21. The zero-order valence-electron chi connectivity index (χ0n) is 21.1. The van der Waals surface area contributed by atoms with E-state index in [2.05, 4.69) is 35.8 Å². The molecular weight excluding hydrogens is 518 g/mol. The normalized spacial score (nSPS) is 15.6. The second-order valence-electron chi connectivity index (χ2n) is 10.00. The third kappa shape index (κ3) is 6.48. The number of hydrogen-bond donors (Lipinski definition) is 1. The topological polar surface area (TPSA) is 59.9 Å². The number of halogens is 3. The minimum atomic E-state index is -2.95. The van der Waals surface area contributed by atoms with Crippen molar-refractivity contribution >= 4 is 45.7 Å². The van der Waals surface area contributed by atoms with Crippen LogP contribution in [-0.2, 0) is 12.8 Å². The van der Waals surface area contributed by atoms with Crippen LogP contribution >= 0.6 is 22.9 Å². The fourth-order valence-electron chi connectivity index (χ4n) is 4.45. The number of nitrogens with one attached hydrogen (secondary N) is 1. The molecule has 0 aliphatic heterocycles. The van der Waals surface area contributed by atoms with Gasteiger partial charge in [0.1, 0.15) is 5.00 Å². The van der Waals surface area contributed by atoms with E-state index in [-0.39, 0.29) is 22.8 Å². The molecule has 0 saturated heterocycles. The molecule has 1 aliphatic carbocycles. The average molecular weight is 547 g/mol. The highest BCUT2D eigenvalue weighted by Crippen LogP contribution is 2.45. The summed E-state index contributed by atoms with van der Waals surface area (Å²) in [6.45, 7) is 3.79. The Labute approximate surface area is 224 Å². The lowest BCUT2D eigenvalue weighted by atomic mass is 9.72. The number of anilines is 1. The van der Waals surface area contributed by atoms with Crippen molar-refractivity contribution in [3.8, 4) is 11.5 Å². The van der Waals surface area contributed by atoms with E-state index >= 15 is 0 Å². The number of amides is 1. The van der Waals surface area contributed by atoms with Crippen LogP contribution in [0.3, 0.4) is 0 Å². The number of methoxy groups -OCH3 is 1. The summed E-state index contributed by atoms with van der Waals surface area (Å²) >= 11 is 7.52. The Morgan fingerprint density at radius 2 is 1.92 bits per heavy atom. The number of thiophene rings is 1. The number of benzene rings is 2. The summed E-state index contributed by atoms with van der Waals surface area (Å²) in [5.74, 6) is 0.398. The summed E-state index contributed by atoms with van der Waals surface area (Å²) in [4.78, 5) is 19.3. The summed E-state index contributed by atoms with van der Waals surface area (Å²) < 4.78 is 35.0. The zero-order valence-corrected chi connectivity index (χ0v) is 22.7. The van der Waals surface area contributed by atoms with Crippen molar-refractivity contribution in [2.45, 2.75) is 46.6 Å². The van der Waals surface area contributed by atoms with Gasteiger partial charge in [-0.05, 0) is 84.2 Å². The Morgan fingerprint density at radius 1 is 1.19 bits per heavy atom. The Hall–Kier alpha value is -2.97. The van der Waals surface area contributed by atoms with Crippen LogP contribution in [0.25, 0.3) is 0 Å². The molecule has 9 heteroatoms. The predicted octanol–water partition coefficient (Wildman–Crippen LogP) is 8.17. The Balaban J connectivity index is 1.68. The van der Waals surface area contributed by atoms with Gasteiger partial charge in [-0.2, -0.15) is 8.78 Å². The molecule has 5 nitrogen and oxygen atoms in total. The second kappa shape index (κ2) is 11.2. The Morgan fingerprint density at radius 3 is 2.57 bits per heavy atom. The molecule has 37 heavy (non-hydrogen) atoms. The minimum Gasteiger partial charge on any atom is -0.493 e. The second-order valence-corrected chi connectivity index (χ2v) is 11.5. The number of carbonyl (C=O) groups is 1. The first kappa shape index (κ1) is 27.1. The maximum atomic E-state index is 13.5. The highest BCUT2D eigenvalue weighted by Gasteiger charge is 2.33. The molecular formula is C28H29ClF2N2O3S. The van der Waals surface area contributed by atoms with Crippen molar-refractivity contribution in [2.75, 3.05) is 12.4 Å². The van der Waals surface area contributed by atoms with Crippen molar-refractivity contribution in [3.05, 3.63) is 69.1 Å². The van der Waals surface area contributed by atoms with Gasteiger partial charge in [0.2, 0.25) is 0 Å². The summed E-state index contributed by atoms with van der Waals surface area (Å²) in [6, 6.07) is 11.6. The van der Waals surface area contributed by atoms with E-state index in [1.807, 2.05) is 0 Å². The lowest BCUT2D eigenvalue weighted by Gasteiger charge is -2.33. The van der Waals surface area contributed by atoms with Gasteiger partial charge in [0, 0.05) is 21.8 Å². The minimum absolute atomic E-state index is 0.0579. The molecule has 1 amide bonds. The third-order valence-corrected chi connectivity index (χ3v) is 7.95. The molecule has 0 radical (unpaired) electrons. The Kier molecular flexibility index (Phi) is 8.19. The quantitative estimate of drug-likeness (QED) is 0.304. The number of aliphatic imine (C=N–C) groups is 1. The van der Waals surface area contributed by atoms with Crippen LogP contribution in [0.5, 0.6) is 11.5 Å². The van der Waals surface area contributed by atoms with Crippen molar-refractivity contribution < 1.29 is 23.0 Å². The fourth-order valence-corrected chi connectivity index (χ4v) is 5.85. The molecule has 3 aromatic rings. The number of ether oxygens (including phenoxy) is 2. The van der Waals surface area contributed by atoms with Gasteiger partial charge in [-0.25, -0.2) is 4.99 Å². The van der Waals surface area contributed by atoms with Crippen molar-refractivity contribution in [3.63, 3.8) is 0 Å². The maximum Gasteiger partial charge on any atom is 0.387 e. The molecule has 2 aromatic carbocycles. The van der Waals surface area contributed by atoms with Gasteiger partial charge in [-0.15, -0.1) is 11.3 Å². The van der Waals surface area contributed by atoms with Crippen LogP contribution in [0.2, 0.25) is 5.02 Å². The lowest BCUT2D eigenvalue weighted by Crippen LogP contribution is -2.27. The SMILES string of the molecule is COc1cc(C=Nc2sc3c(c2C(=O)Nc2ccc(Cl)cc2)CC[C@@H](C(C)(C)C)C3)ccc1OC(F)F. The van der Waals surface area contributed by atoms with Crippen molar-refractivity contribution in [1.29, 1.82) is 0 Å². The summed E-state index contributed by atoms with van der Waals surface area (Å²) in [5, 5.41) is 4.17. The van der Waals surface area contributed by atoms with Crippen LogP contribution in [0.4, 0.5) is 19.5 Å². The summed E-state index contributed by atoms with van der Waals surface area (Å²) in [7, 11) is 1.38. The van der Waals surface area contributed by atoms with Gasteiger partial charge >= 0.3 is 6.61 Å². The number of alkyl halides is 2. The van der Waals surface area contributed by atoms with E-state index in [4.69, 9.17) is 16.3 Å². The predicted molar refractivity (Wildman–Crippen MR) is 146 cm³/mol. The number of rotatable bonds is 7. The molecule has 1 atom stereocenters. The van der Waals surface area contributed by atoms with E-state index < -0.39 is 6.61 Å². The molecule has 0 bridgehead atoms. The number of nitrogens with zero attached hydrogens (tertiary/aromatic N) is 1. The summed E-state index contributed by atoms with van der Waals surface area (Å²) in [6.07, 6.45) is 4.31. The van der Waals surface area contributed by atoms with Crippen LogP contribution in [0, 0.1) is 11.3 Å². The molecule has 4 rings (SSSR count). The smallest absolute Gasteiger partial charge is 0.387 e. The van der Waals surface area contributed by atoms with E-state index in [1.54, 1.807) is 42.6 Å². The Bertz CT molecular complexity index is 1300. The largest absolute Gasteiger partial charge is 0.493 e.